The molecule has 0 radical (unpaired) electrons. The number of nitrogens with one attached hydrogen (secondary N) is 2. The maximum Gasteiger partial charge on any atom is 0.255 e. The first-order chi connectivity index (χ1) is 12.0. The molecular formula is C18H12F3N3O. The molecule has 0 fully saturated rings. The quantitative estimate of drug-likeness (QED) is 0.734. The van der Waals surface area contributed by atoms with Crippen molar-refractivity contribution in [1.29, 1.82) is 0 Å². The van der Waals surface area contributed by atoms with Crippen molar-refractivity contribution >= 4 is 23.1 Å². The summed E-state index contributed by atoms with van der Waals surface area (Å²) >= 11 is 0. The summed E-state index contributed by atoms with van der Waals surface area (Å²) < 4.78 is 39.6. The molecule has 0 aliphatic carbocycles. The van der Waals surface area contributed by atoms with Gasteiger partial charge in [0.05, 0.1) is 17.6 Å². The fourth-order valence-corrected chi connectivity index (χ4v) is 2.08. The molecule has 4 nitrogen and oxygen atoms in total. The number of benzene rings is 2. The fourth-order valence-electron chi connectivity index (χ4n) is 2.08. The summed E-state index contributed by atoms with van der Waals surface area (Å²) in [5.41, 5.74) is 0.606. The van der Waals surface area contributed by atoms with Gasteiger partial charge in [0, 0.05) is 5.56 Å². The van der Waals surface area contributed by atoms with Crippen LogP contribution in [0.3, 0.4) is 0 Å². The normalized spacial score (nSPS) is 10.4. The topological polar surface area (TPSA) is 54.0 Å². The lowest BCUT2D eigenvalue weighted by Crippen LogP contribution is -2.12. The molecule has 2 N–H and O–H groups in total. The summed E-state index contributed by atoms with van der Waals surface area (Å²) in [6.45, 7) is 0. The molecular weight excluding hydrogens is 331 g/mol. The Morgan fingerprint density at radius 1 is 0.880 bits per heavy atom. The van der Waals surface area contributed by atoms with E-state index >= 15 is 0 Å². The van der Waals surface area contributed by atoms with E-state index < -0.39 is 23.4 Å². The van der Waals surface area contributed by atoms with Crippen LogP contribution in [0.4, 0.5) is 30.4 Å². The van der Waals surface area contributed by atoms with Gasteiger partial charge in [-0.1, -0.05) is 12.1 Å². The van der Waals surface area contributed by atoms with Crippen LogP contribution in [0.2, 0.25) is 0 Å². The molecule has 0 saturated heterocycles. The Kier molecular flexibility index (Phi) is 4.65. The van der Waals surface area contributed by atoms with Crippen LogP contribution in [0.15, 0.2) is 60.8 Å². The molecule has 2 aromatic carbocycles. The van der Waals surface area contributed by atoms with Gasteiger partial charge in [-0.15, -0.1) is 0 Å². The Labute approximate surface area is 141 Å². The van der Waals surface area contributed by atoms with Gasteiger partial charge >= 0.3 is 0 Å². The van der Waals surface area contributed by atoms with Crippen molar-refractivity contribution in [3.05, 3.63) is 83.8 Å². The maximum atomic E-state index is 13.6. The minimum absolute atomic E-state index is 0.0209. The molecule has 3 rings (SSSR count). The first kappa shape index (κ1) is 16.5. The van der Waals surface area contributed by atoms with Crippen LogP contribution in [-0.2, 0) is 0 Å². The van der Waals surface area contributed by atoms with Gasteiger partial charge in [0.2, 0.25) is 0 Å². The van der Waals surface area contributed by atoms with Crippen molar-refractivity contribution in [3.63, 3.8) is 0 Å². The van der Waals surface area contributed by atoms with Crippen molar-refractivity contribution in [1.82, 2.24) is 4.98 Å². The summed E-state index contributed by atoms with van der Waals surface area (Å²) in [6.07, 6.45) is 1.36. The Balaban J connectivity index is 1.69. The molecule has 0 bridgehead atoms. The first-order valence-electron chi connectivity index (χ1n) is 7.27. The third-order valence-corrected chi connectivity index (χ3v) is 3.34. The number of anilines is 3. The number of halogens is 3. The molecule has 0 aliphatic rings. The van der Waals surface area contributed by atoms with E-state index in [9.17, 15) is 18.0 Å². The largest absolute Gasteiger partial charge is 0.338 e. The predicted molar refractivity (Wildman–Crippen MR) is 88.2 cm³/mol. The Bertz CT molecular complexity index is 914. The minimum atomic E-state index is -1.10. The van der Waals surface area contributed by atoms with Gasteiger partial charge < -0.3 is 10.6 Å². The van der Waals surface area contributed by atoms with Crippen LogP contribution in [0.1, 0.15) is 10.4 Å². The summed E-state index contributed by atoms with van der Waals surface area (Å²) in [4.78, 5) is 16.1. The molecule has 0 spiro atoms. The van der Waals surface area contributed by atoms with E-state index in [0.717, 1.165) is 12.1 Å². The summed E-state index contributed by atoms with van der Waals surface area (Å²) in [5.74, 6) is -2.76. The van der Waals surface area contributed by atoms with E-state index in [4.69, 9.17) is 0 Å². The van der Waals surface area contributed by atoms with E-state index in [0.29, 0.717) is 11.5 Å². The number of nitrogens with zero attached hydrogens (tertiary/aromatic N) is 1. The smallest absolute Gasteiger partial charge is 0.255 e. The van der Waals surface area contributed by atoms with Gasteiger partial charge in [0.15, 0.2) is 11.6 Å². The van der Waals surface area contributed by atoms with Gasteiger partial charge in [-0.2, -0.15) is 0 Å². The van der Waals surface area contributed by atoms with Gasteiger partial charge in [-0.05, 0) is 42.5 Å². The van der Waals surface area contributed by atoms with E-state index in [2.05, 4.69) is 15.6 Å². The van der Waals surface area contributed by atoms with Crippen molar-refractivity contribution < 1.29 is 18.0 Å². The highest BCUT2D eigenvalue weighted by Gasteiger charge is 2.10. The van der Waals surface area contributed by atoms with Crippen LogP contribution in [0.25, 0.3) is 0 Å². The number of para-hydroxylation sites is 1. The zero-order valence-electron chi connectivity index (χ0n) is 12.8. The lowest BCUT2D eigenvalue weighted by Gasteiger charge is -2.08. The fraction of sp³-hybridized carbons (Fsp3) is 0. The second-order valence-corrected chi connectivity index (χ2v) is 5.12. The molecule has 7 heteroatoms. The van der Waals surface area contributed by atoms with E-state index in [1.165, 1.54) is 18.3 Å². The number of carbonyl (C=O) groups excluding carboxylic acids is 1. The molecule has 1 amide bonds. The highest BCUT2D eigenvalue weighted by Crippen LogP contribution is 2.19. The SMILES string of the molecule is O=C(Nc1ccc(Nc2ccccc2F)nc1)c1ccc(F)c(F)c1. The molecule has 1 aromatic heterocycles. The lowest BCUT2D eigenvalue weighted by molar-refractivity contribution is 0.102. The predicted octanol–water partition coefficient (Wildman–Crippen LogP) is 4.49. The Morgan fingerprint density at radius 2 is 1.68 bits per heavy atom. The zero-order chi connectivity index (χ0) is 17.8. The summed E-state index contributed by atoms with van der Waals surface area (Å²) in [5, 5.41) is 5.32. The van der Waals surface area contributed by atoms with E-state index in [-0.39, 0.29) is 11.3 Å². The zero-order valence-corrected chi connectivity index (χ0v) is 12.8. The lowest BCUT2D eigenvalue weighted by atomic mass is 10.2. The van der Waals surface area contributed by atoms with E-state index in [1.54, 1.807) is 30.3 Å². The van der Waals surface area contributed by atoms with Crippen LogP contribution < -0.4 is 10.6 Å². The second-order valence-electron chi connectivity index (χ2n) is 5.12. The average molecular weight is 343 g/mol. The number of hydrogen-bond acceptors (Lipinski definition) is 3. The highest BCUT2D eigenvalue weighted by atomic mass is 19.2. The second kappa shape index (κ2) is 7.04. The number of aromatic nitrogens is 1. The summed E-state index contributed by atoms with van der Waals surface area (Å²) in [6, 6.07) is 12.1. The standard InChI is InChI=1S/C18H12F3N3O/c19-13-7-5-11(9-15(13)21)18(25)23-12-6-8-17(22-10-12)24-16-4-2-1-3-14(16)20/h1-10H,(H,22,24)(H,23,25). The molecule has 126 valence electrons. The van der Waals surface area contributed by atoms with Crippen LogP contribution >= 0.6 is 0 Å². The van der Waals surface area contributed by atoms with Gasteiger partial charge in [0.1, 0.15) is 11.6 Å². The van der Waals surface area contributed by atoms with Gasteiger partial charge in [0.25, 0.3) is 5.91 Å². The number of amides is 1. The van der Waals surface area contributed by atoms with Crippen molar-refractivity contribution in [2.75, 3.05) is 10.6 Å². The maximum absolute atomic E-state index is 13.6. The molecule has 0 unspecified atom stereocenters. The Morgan fingerprint density at radius 3 is 2.36 bits per heavy atom. The van der Waals surface area contributed by atoms with Gasteiger partial charge in [-0.3, -0.25) is 4.79 Å². The molecule has 1 heterocycles. The van der Waals surface area contributed by atoms with Crippen molar-refractivity contribution in [3.8, 4) is 0 Å². The number of hydrogen-bond donors (Lipinski definition) is 2. The third-order valence-electron chi connectivity index (χ3n) is 3.34. The molecule has 0 atom stereocenters. The van der Waals surface area contributed by atoms with Crippen LogP contribution in [-0.4, -0.2) is 10.9 Å². The van der Waals surface area contributed by atoms with E-state index in [1.807, 2.05) is 0 Å². The molecule has 0 saturated carbocycles. The minimum Gasteiger partial charge on any atom is -0.338 e. The molecule has 25 heavy (non-hydrogen) atoms. The van der Waals surface area contributed by atoms with Crippen LogP contribution in [0.5, 0.6) is 0 Å². The third kappa shape index (κ3) is 3.95. The summed E-state index contributed by atoms with van der Waals surface area (Å²) in [7, 11) is 0. The molecule has 0 aliphatic heterocycles. The number of rotatable bonds is 4. The van der Waals surface area contributed by atoms with Crippen molar-refractivity contribution in [2.24, 2.45) is 0 Å². The number of carbonyl (C=O) groups is 1. The monoisotopic (exact) mass is 343 g/mol. The average Bonchev–Trinajstić information content (AvgIpc) is 2.61. The van der Waals surface area contributed by atoms with Crippen molar-refractivity contribution in [2.45, 2.75) is 0 Å². The first-order valence-corrected chi connectivity index (χ1v) is 7.27. The van der Waals surface area contributed by atoms with Crippen LogP contribution in [0, 0.1) is 17.5 Å². The Hall–Kier alpha value is -3.35. The molecule has 3 aromatic rings. The van der Waals surface area contributed by atoms with Gasteiger partial charge in [-0.25, -0.2) is 18.2 Å². The highest BCUT2D eigenvalue weighted by molar-refractivity contribution is 6.04. The number of pyridine rings is 1.